The van der Waals surface area contributed by atoms with Crippen LogP contribution in [0.1, 0.15) is 10.4 Å². The standard InChI is InChI=1S/C7H3BrF3NO2/c8-2-4(10)3(9)1(7(13)14)6(12)5(2)11/h12H2,(H,13,14). The van der Waals surface area contributed by atoms with E-state index in [1.807, 2.05) is 0 Å². The molecule has 0 aliphatic heterocycles. The van der Waals surface area contributed by atoms with Crippen molar-refractivity contribution in [2.75, 3.05) is 5.73 Å². The van der Waals surface area contributed by atoms with E-state index in [9.17, 15) is 18.0 Å². The van der Waals surface area contributed by atoms with Gasteiger partial charge in [-0.1, -0.05) is 0 Å². The highest BCUT2D eigenvalue weighted by Gasteiger charge is 2.25. The molecule has 0 aliphatic rings. The third-order valence-electron chi connectivity index (χ3n) is 1.52. The Hall–Kier alpha value is -1.24. The molecule has 14 heavy (non-hydrogen) atoms. The van der Waals surface area contributed by atoms with Crippen molar-refractivity contribution >= 4 is 27.6 Å². The van der Waals surface area contributed by atoms with E-state index in [0.717, 1.165) is 0 Å². The lowest BCUT2D eigenvalue weighted by atomic mass is 10.1. The van der Waals surface area contributed by atoms with Crippen molar-refractivity contribution < 1.29 is 23.1 Å². The van der Waals surface area contributed by atoms with Crippen LogP contribution in [0.2, 0.25) is 0 Å². The first kappa shape index (κ1) is 10.8. The molecule has 1 aromatic rings. The van der Waals surface area contributed by atoms with Crippen molar-refractivity contribution in [1.29, 1.82) is 0 Å². The highest BCUT2D eigenvalue weighted by atomic mass is 79.9. The van der Waals surface area contributed by atoms with Crippen LogP contribution in [0.5, 0.6) is 0 Å². The number of anilines is 1. The maximum absolute atomic E-state index is 13.0. The largest absolute Gasteiger partial charge is 0.478 e. The van der Waals surface area contributed by atoms with Crippen molar-refractivity contribution in [3.05, 3.63) is 27.5 Å². The number of hydrogen-bond donors (Lipinski definition) is 2. The van der Waals surface area contributed by atoms with Gasteiger partial charge < -0.3 is 10.8 Å². The molecule has 7 heteroatoms. The van der Waals surface area contributed by atoms with Gasteiger partial charge in [0.2, 0.25) is 0 Å². The predicted molar refractivity (Wildman–Crippen MR) is 45.4 cm³/mol. The molecule has 0 saturated carbocycles. The van der Waals surface area contributed by atoms with Gasteiger partial charge >= 0.3 is 5.97 Å². The summed E-state index contributed by atoms with van der Waals surface area (Å²) >= 11 is 2.40. The Balaban J connectivity index is 3.68. The molecule has 0 atom stereocenters. The molecule has 0 unspecified atom stereocenters. The molecule has 0 amide bonds. The lowest BCUT2D eigenvalue weighted by molar-refractivity contribution is 0.0691. The van der Waals surface area contributed by atoms with Gasteiger partial charge in [-0.25, -0.2) is 18.0 Å². The fourth-order valence-corrected chi connectivity index (χ4v) is 1.25. The van der Waals surface area contributed by atoms with E-state index < -0.39 is 39.1 Å². The van der Waals surface area contributed by atoms with Crippen LogP contribution in [-0.2, 0) is 0 Å². The summed E-state index contributed by atoms with van der Waals surface area (Å²) in [6.45, 7) is 0. The molecule has 0 bridgehead atoms. The quantitative estimate of drug-likeness (QED) is 0.467. The van der Waals surface area contributed by atoms with Crippen LogP contribution in [0.4, 0.5) is 18.9 Å². The van der Waals surface area contributed by atoms with Crippen molar-refractivity contribution in [3.8, 4) is 0 Å². The zero-order valence-corrected chi connectivity index (χ0v) is 8.03. The molecule has 0 heterocycles. The average Bonchev–Trinajstić information content (AvgIpc) is 2.11. The van der Waals surface area contributed by atoms with Crippen LogP contribution in [0, 0.1) is 17.5 Å². The van der Waals surface area contributed by atoms with Crippen LogP contribution >= 0.6 is 15.9 Å². The number of carboxylic acid groups (broad SMARTS) is 1. The minimum absolute atomic E-state index is 0.822. The SMILES string of the molecule is Nc1c(F)c(Br)c(F)c(F)c1C(=O)O. The van der Waals surface area contributed by atoms with E-state index in [-0.39, 0.29) is 0 Å². The molecule has 0 spiro atoms. The summed E-state index contributed by atoms with van der Waals surface area (Å²) in [5, 5.41) is 8.42. The average molecular weight is 270 g/mol. The van der Waals surface area contributed by atoms with Crippen LogP contribution in [0.15, 0.2) is 4.47 Å². The van der Waals surface area contributed by atoms with Crippen LogP contribution in [-0.4, -0.2) is 11.1 Å². The number of aromatic carboxylic acids is 1. The predicted octanol–water partition coefficient (Wildman–Crippen LogP) is 2.15. The Kier molecular flexibility index (Phi) is 2.70. The summed E-state index contributed by atoms with van der Waals surface area (Å²) in [6, 6.07) is 0. The minimum Gasteiger partial charge on any atom is -0.478 e. The molecule has 1 rings (SSSR count). The van der Waals surface area contributed by atoms with Crippen LogP contribution in [0.25, 0.3) is 0 Å². The number of carbonyl (C=O) groups is 1. The molecule has 1 aromatic carbocycles. The fraction of sp³-hybridized carbons (Fsp3) is 0. The Bertz CT molecular complexity index is 393. The molecule has 0 radical (unpaired) electrons. The second-order valence-electron chi connectivity index (χ2n) is 2.35. The number of carboxylic acids is 1. The normalized spacial score (nSPS) is 10.3. The lowest BCUT2D eigenvalue weighted by Crippen LogP contribution is -2.11. The Morgan fingerprint density at radius 3 is 2.14 bits per heavy atom. The fourth-order valence-electron chi connectivity index (χ4n) is 0.858. The molecule has 0 aliphatic carbocycles. The molecular weight excluding hydrogens is 267 g/mol. The van der Waals surface area contributed by atoms with Gasteiger partial charge in [0.25, 0.3) is 0 Å². The monoisotopic (exact) mass is 269 g/mol. The summed E-state index contributed by atoms with van der Waals surface area (Å²) in [7, 11) is 0. The number of nitrogen functional groups attached to an aromatic ring is 1. The van der Waals surface area contributed by atoms with Crippen molar-refractivity contribution in [3.63, 3.8) is 0 Å². The van der Waals surface area contributed by atoms with Gasteiger partial charge in [0.05, 0.1) is 10.2 Å². The van der Waals surface area contributed by atoms with Gasteiger partial charge in [0, 0.05) is 0 Å². The first-order chi connectivity index (χ1) is 6.37. The molecule has 0 aromatic heterocycles. The molecular formula is C7H3BrF3NO2. The third-order valence-corrected chi connectivity index (χ3v) is 2.21. The highest BCUT2D eigenvalue weighted by molar-refractivity contribution is 9.10. The highest BCUT2D eigenvalue weighted by Crippen LogP contribution is 2.30. The summed E-state index contributed by atoms with van der Waals surface area (Å²) in [6.07, 6.45) is 0. The van der Waals surface area contributed by atoms with Crippen molar-refractivity contribution in [1.82, 2.24) is 0 Å². The smallest absolute Gasteiger partial charge is 0.341 e. The van der Waals surface area contributed by atoms with Gasteiger partial charge in [-0.05, 0) is 15.9 Å². The summed E-state index contributed by atoms with van der Waals surface area (Å²) in [5.41, 5.74) is 2.81. The van der Waals surface area contributed by atoms with Gasteiger partial charge in [-0.3, -0.25) is 0 Å². The van der Waals surface area contributed by atoms with Crippen molar-refractivity contribution in [2.45, 2.75) is 0 Å². The van der Waals surface area contributed by atoms with Crippen LogP contribution < -0.4 is 5.73 Å². The van der Waals surface area contributed by atoms with Gasteiger partial charge in [0.15, 0.2) is 17.5 Å². The van der Waals surface area contributed by atoms with E-state index in [4.69, 9.17) is 10.8 Å². The van der Waals surface area contributed by atoms with E-state index >= 15 is 0 Å². The minimum atomic E-state index is -1.83. The molecule has 76 valence electrons. The Morgan fingerprint density at radius 2 is 1.71 bits per heavy atom. The number of nitrogens with two attached hydrogens (primary N) is 1. The molecule has 0 saturated heterocycles. The first-order valence-corrected chi connectivity index (χ1v) is 4.02. The zero-order chi connectivity index (χ0) is 11.0. The lowest BCUT2D eigenvalue weighted by Gasteiger charge is -2.06. The van der Waals surface area contributed by atoms with E-state index in [1.54, 1.807) is 0 Å². The summed E-state index contributed by atoms with van der Waals surface area (Å²) in [4.78, 5) is 10.4. The maximum atomic E-state index is 13.0. The maximum Gasteiger partial charge on any atom is 0.341 e. The molecule has 0 fully saturated rings. The number of halogens is 4. The second-order valence-corrected chi connectivity index (χ2v) is 3.14. The van der Waals surface area contributed by atoms with Crippen molar-refractivity contribution in [2.24, 2.45) is 0 Å². The summed E-state index contributed by atoms with van der Waals surface area (Å²) in [5.74, 6) is -6.47. The Labute approximate surface area is 84.5 Å². The van der Waals surface area contributed by atoms with E-state index in [2.05, 4.69) is 15.9 Å². The molecule has 3 nitrogen and oxygen atoms in total. The molecule has 3 N–H and O–H groups in total. The van der Waals surface area contributed by atoms with E-state index in [1.165, 1.54) is 0 Å². The third kappa shape index (κ3) is 1.43. The van der Waals surface area contributed by atoms with Gasteiger partial charge in [0.1, 0.15) is 5.56 Å². The number of benzene rings is 1. The number of rotatable bonds is 1. The van der Waals surface area contributed by atoms with Crippen LogP contribution in [0.3, 0.4) is 0 Å². The first-order valence-electron chi connectivity index (χ1n) is 3.22. The summed E-state index contributed by atoms with van der Waals surface area (Å²) < 4.78 is 37.9. The topological polar surface area (TPSA) is 63.3 Å². The van der Waals surface area contributed by atoms with E-state index in [0.29, 0.717) is 0 Å². The second kappa shape index (κ2) is 3.49. The zero-order valence-electron chi connectivity index (χ0n) is 6.44. The Morgan fingerprint density at radius 1 is 1.21 bits per heavy atom. The van der Waals surface area contributed by atoms with Gasteiger partial charge in [-0.15, -0.1) is 0 Å². The number of hydrogen-bond acceptors (Lipinski definition) is 2. The van der Waals surface area contributed by atoms with Gasteiger partial charge in [-0.2, -0.15) is 0 Å².